The van der Waals surface area contributed by atoms with Gasteiger partial charge in [0.2, 0.25) is 5.91 Å². The smallest absolute Gasteiger partial charge is 0.226 e. The summed E-state index contributed by atoms with van der Waals surface area (Å²) < 4.78 is 0. The first kappa shape index (κ1) is 10.7. The van der Waals surface area contributed by atoms with Crippen LogP contribution in [0.1, 0.15) is 19.8 Å². The number of carbonyl (C=O) groups is 1. The molecule has 1 aromatic carbocycles. The zero-order chi connectivity index (χ0) is 10.4. The lowest BCUT2D eigenvalue weighted by molar-refractivity contribution is -0.118. The zero-order valence-corrected chi connectivity index (χ0v) is 8.23. The third-order valence-corrected chi connectivity index (χ3v) is 1.95. The minimum absolute atomic E-state index is 0.148. The number of benzene rings is 1. The summed E-state index contributed by atoms with van der Waals surface area (Å²) in [6, 6.07) is 9.22. The summed E-state index contributed by atoms with van der Waals surface area (Å²) in [5.41, 5.74) is 0.765. The maximum absolute atomic E-state index is 11.3. The molecule has 0 aliphatic rings. The van der Waals surface area contributed by atoms with Crippen molar-refractivity contribution in [1.29, 1.82) is 0 Å². The van der Waals surface area contributed by atoms with Crippen LogP contribution in [-0.2, 0) is 4.79 Å². The highest BCUT2D eigenvalue weighted by Crippen LogP contribution is 2.06. The average molecular weight is 193 g/mol. The third-order valence-electron chi connectivity index (χ3n) is 1.95. The number of rotatable bonds is 4. The van der Waals surface area contributed by atoms with Crippen LogP contribution in [0.4, 0.5) is 5.69 Å². The van der Waals surface area contributed by atoms with Gasteiger partial charge < -0.3 is 10.4 Å². The van der Waals surface area contributed by atoms with Gasteiger partial charge in [0, 0.05) is 5.69 Å². The fourth-order valence-electron chi connectivity index (χ4n) is 1.09. The van der Waals surface area contributed by atoms with Gasteiger partial charge in [0.1, 0.15) is 0 Å². The van der Waals surface area contributed by atoms with E-state index >= 15 is 0 Å². The molecule has 0 radical (unpaired) electrons. The van der Waals surface area contributed by atoms with Gasteiger partial charge in [-0.2, -0.15) is 0 Å². The van der Waals surface area contributed by atoms with E-state index < -0.39 is 6.10 Å². The van der Waals surface area contributed by atoms with Crippen molar-refractivity contribution >= 4 is 11.6 Å². The lowest BCUT2D eigenvalue weighted by Crippen LogP contribution is -2.18. The van der Waals surface area contributed by atoms with E-state index in [1.54, 1.807) is 0 Å². The second-order valence-corrected chi connectivity index (χ2v) is 3.18. The molecule has 0 aromatic heterocycles. The summed E-state index contributed by atoms with van der Waals surface area (Å²) in [7, 11) is 0. The molecule has 1 unspecified atom stereocenters. The number of amides is 1. The van der Waals surface area contributed by atoms with Crippen molar-refractivity contribution in [2.45, 2.75) is 25.9 Å². The van der Waals surface area contributed by atoms with Crippen molar-refractivity contribution in [1.82, 2.24) is 0 Å². The SMILES string of the molecule is CCC(O)CC(=O)Nc1ccccc1. The van der Waals surface area contributed by atoms with E-state index in [1.165, 1.54) is 0 Å². The van der Waals surface area contributed by atoms with Crippen LogP contribution in [0.2, 0.25) is 0 Å². The molecule has 3 heteroatoms. The molecule has 0 aliphatic heterocycles. The molecule has 14 heavy (non-hydrogen) atoms. The number of para-hydroxylation sites is 1. The predicted octanol–water partition coefficient (Wildman–Crippen LogP) is 1.79. The summed E-state index contributed by atoms with van der Waals surface area (Å²) >= 11 is 0. The van der Waals surface area contributed by atoms with Gasteiger partial charge in [-0.25, -0.2) is 0 Å². The van der Waals surface area contributed by atoms with Gasteiger partial charge in [-0.05, 0) is 18.6 Å². The van der Waals surface area contributed by atoms with Gasteiger partial charge in [-0.15, -0.1) is 0 Å². The molecule has 1 amide bonds. The molecule has 3 nitrogen and oxygen atoms in total. The fraction of sp³-hybridized carbons (Fsp3) is 0.364. The molecule has 1 atom stereocenters. The van der Waals surface area contributed by atoms with E-state index in [0.717, 1.165) is 5.69 Å². The highest BCUT2D eigenvalue weighted by molar-refractivity contribution is 5.90. The molecule has 0 spiro atoms. The van der Waals surface area contributed by atoms with Crippen LogP contribution in [0.3, 0.4) is 0 Å². The Morgan fingerprint density at radius 2 is 2.07 bits per heavy atom. The van der Waals surface area contributed by atoms with Crippen molar-refractivity contribution in [2.24, 2.45) is 0 Å². The topological polar surface area (TPSA) is 49.3 Å². The van der Waals surface area contributed by atoms with E-state index in [-0.39, 0.29) is 12.3 Å². The Morgan fingerprint density at radius 3 is 2.64 bits per heavy atom. The number of hydrogen-bond donors (Lipinski definition) is 2. The molecule has 1 aromatic rings. The lowest BCUT2D eigenvalue weighted by Gasteiger charge is -2.08. The molecular weight excluding hydrogens is 178 g/mol. The maximum Gasteiger partial charge on any atom is 0.226 e. The van der Waals surface area contributed by atoms with Gasteiger partial charge in [-0.1, -0.05) is 25.1 Å². The minimum Gasteiger partial charge on any atom is -0.393 e. The van der Waals surface area contributed by atoms with Crippen LogP contribution in [0, 0.1) is 0 Å². The molecule has 0 fully saturated rings. The Labute approximate surface area is 83.8 Å². The number of aliphatic hydroxyl groups is 1. The number of carbonyl (C=O) groups excluding carboxylic acids is 1. The summed E-state index contributed by atoms with van der Waals surface area (Å²) in [6.07, 6.45) is 0.215. The predicted molar refractivity (Wildman–Crippen MR) is 56.0 cm³/mol. The van der Waals surface area contributed by atoms with Gasteiger partial charge in [0.15, 0.2) is 0 Å². The van der Waals surface area contributed by atoms with Crippen molar-refractivity contribution in [2.75, 3.05) is 5.32 Å². The van der Waals surface area contributed by atoms with Crippen molar-refractivity contribution in [3.8, 4) is 0 Å². The first-order valence-corrected chi connectivity index (χ1v) is 4.75. The minimum atomic E-state index is -0.543. The summed E-state index contributed by atoms with van der Waals surface area (Å²) in [4.78, 5) is 11.3. The highest BCUT2D eigenvalue weighted by atomic mass is 16.3. The van der Waals surface area contributed by atoms with E-state index in [1.807, 2.05) is 37.3 Å². The summed E-state index contributed by atoms with van der Waals surface area (Å²) in [6.45, 7) is 1.85. The van der Waals surface area contributed by atoms with Gasteiger partial charge in [0.05, 0.1) is 12.5 Å². The van der Waals surface area contributed by atoms with Crippen LogP contribution in [0.25, 0.3) is 0 Å². The monoisotopic (exact) mass is 193 g/mol. The van der Waals surface area contributed by atoms with E-state index in [9.17, 15) is 9.90 Å². The Morgan fingerprint density at radius 1 is 1.43 bits per heavy atom. The van der Waals surface area contributed by atoms with E-state index in [4.69, 9.17) is 0 Å². The molecule has 0 saturated carbocycles. The van der Waals surface area contributed by atoms with Crippen LogP contribution in [0.15, 0.2) is 30.3 Å². The van der Waals surface area contributed by atoms with E-state index in [0.29, 0.717) is 6.42 Å². The highest BCUT2D eigenvalue weighted by Gasteiger charge is 2.08. The maximum atomic E-state index is 11.3. The van der Waals surface area contributed by atoms with E-state index in [2.05, 4.69) is 5.32 Å². The molecule has 0 aliphatic carbocycles. The lowest BCUT2D eigenvalue weighted by atomic mass is 10.2. The number of anilines is 1. The van der Waals surface area contributed by atoms with Gasteiger partial charge >= 0.3 is 0 Å². The van der Waals surface area contributed by atoms with Crippen molar-refractivity contribution < 1.29 is 9.90 Å². The average Bonchev–Trinajstić information content (AvgIpc) is 2.19. The standard InChI is InChI=1S/C11H15NO2/c1-2-10(13)8-11(14)12-9-6-4-3-5-7-9/h3-7,10,13H,2,8H2,1H3,(H,12,14). The fourth-order valence-corrected chi connectivity index (χ4v) is 1.09. The molecule has 2 N–H and O–H groups in total. The number of hydrogen-bond acceptors (Lipinski definition) is 2. The largest absolute Gasteiger partial charge is 0.393 e. The molecule has 76 valence electrons. The summed E-state index contributed by atoms with van der Waals surface area (Å²) in [5.74, 6) is -0.148. The first-order chi connectivity index (χ1) is 6.72. The van der Waals surface area contributed by atoms with Crippen LogP contribution in [0.5, 0.6) is 0 Å². The molecule has 0 heterocycles. The normalized spacial score (nSPS) is 12.1. The molecule has 0 saturated heterocycles. The first-order valence-electron chi connectivity index (χ1n) is 4.75. The van der Waals surface area contributed by atoms with Crippen LogP contribution >= 0.6 is 0 Å². The van der Waals surface area contributed by atoms with Crippen LogP contribution in [-0.4, -0.2) is 17.1 Å². The molecule has 0 bridgehead atoms. The quantitative estimate of drug-likeness (QED) is 0.765. The Balaban J connectivity index is 2.42. The zero-order valence-electron chi connectivity index (χ0n) is 8.23. The Bertz CT molecular complexity index is 285. The Hall–Kier alpha value is -1.35. The third kappa shape index (κ3) is 3.58. The summed E-state index contributed by atoms with van der Waals surface area (Å²) in [5, 5.41) is 12.0. The van der Waals surface area contributed by atoms with Gasteiger partial charge in [-0.3, -0.25) is 4.79 Å². The van der Waals surface area contributed by atoms with Crippen molar-refractivity contribution in [3.63, 3.8) is 0 Å². The molecule has 1 rings (SSSR count). The number of aliphatic hydroxyl groups excluding tert-OH is 1. The molecular formula is C11H15NO2. The van der Waals surface area contributed by atoms with Crippen LogP contribution < -0.4 is 5.32 Å². The van der Waals surface area contributed by atoms with Gasteiger partial charge in [0.25, 0.3) is 0 Å². The Kier molecular flexibility index (Phi) is 4.13. The second-order valence-electron chi connectivity index (χ2n) is 3.18. The van der Waals surface area contributed by atoms with Crippen molar-refractivity contribution in [3.05, 3.63) is 30.3 Å². The number of nitrogens with one attached hydrogen (secondary N) is 1. The second kappa shape index (κ2) is 5.40.